The number of carbonyl (C=O) groups is 2. The highest BCUT2D eigenvalue weighted by Crippen LogP contribution is 2.27. The van der Waals surface area contributed by atoms with Gasteiger partial charge < -0.3 is 20.3 Å². The molecule has 2 amide bonds. The van der Waals surface area contributed by atoms with Crippen molar-refractivity contribution in [3.63, 3.8) is 0 Å². The van der Waals surface area contributed by atoms with Crippen molar-refractivity contribution in [2.45, 2.75) is 38.0 Å². The Balaban J connectivity index is 1.48. The van der Waals surface area contributed by atoms with E-state index >= 15 is 0 Å². The van der Waals surface area contributed by atoms with Crippen LogP contribution in [0.15, 0.2) is 42.5 Å². The van der Waals surface area contributed by atoms with Crippen molar-refractivity contribution in [3.8, 4) is 0 Å². The first kappa shape index (κ1) is 24.0. The van der Waals surface area contributed by atoms with Gasteiger partial charge in [-0.1, -0.05) is 23.2 Å². The number of hydrogen-bond donors (Lipinski definition) is 3. The summed E-state index contributed by atoms with van der Waals surface area (Å²) in [5.41, 5.74) is 2.01. The lowest BCUT2D eigenvalue weighted by molar-refractivity contribution is 0.0594. The van der Waals surface area contributed by atoms with Crippen molar-refractivity contribution in [3.05, 3.63) is 69.5 Å². The van der Waals surface area contributed by atoms with E-state index in [1.807, 2.05) is 0 Å². The standard InChI is InChI=1S/C24H22Cl2N4O4/c1-13(22-28-18-7-5-15(25)12-19(18)29-22)27-23(33)14-4-6-16(17(26)11-14)24(34)30-9-2-3-20(30)21(32)8-10-31/h4-8,11-13,20-21,32H,2-3,9H2,1H3,(H,27,33)(H,28,29)/t13-,20?,21-/m0/s1. The highest BCUT2D eigenvalue weighted by Gasteiger charge is 2.34. The summed E-state index contributed by atoms with van der Waals surface area (Å²) in [6, 6.07) is 8.80. The number of amides is 2. The van der Waals surface area contributed by atoms with Crippen LogP contribution in [-0.2, 0) is 4.79 Å². The van der Waals surface area contributed by atoms with Crippen molar-refractivity contribution in [1.29, 1.82) is 0 Å². The van der Waals surface area contributed by atoms with Gasteiger partial charge in [0.1, 0.15) is 17.9 Å². The van der Waals surface area contributed by atoms with E-state index in [1.165, 1.54) is 23.1 Å². The maximum atomic E-state index is 13.0. The topological polar surface area (TPSA) is 115 Å². The summed E-state index contributed by atoms with van der Waals surface area (Å²) in [6.45, 7) is 2.23. The van der Waals surface area contributed by atoms with E-state index in [4.69, 9.17) is 23.2 Å². The number of aromatic nitrogens is 2. The minimum atomic E-state index is -1.09. The third kappa shape index (κ3) is 4.86. The summed E-state index contributed by atoms with van der Waals surface area (Å²) in [5.74, 6) is 1.40. The zero-order valence-electron chi connectivity index (χ0n) is 18.2. The number of halogens is 2. The Bertz CT molecular complexity index is 1300. The second-order valence-electron chi connectivity index (χ2n) is 8.16. The summed E-state index contributed by atoms with van der Waals surface area (Å²) in [6.07, 6.45) is 1.17. The Labute approximate surface area is 205 Å². The lowest BCUT2D eigenvalue weighted by atomic mass is 10.1. The molecular weight excluding hydrogens is 479 g/mol. The number of hydrogen-bond acceptors (Lipinski definition) is 5. The molecule has 0 radical (unpaired) electrons. The van der Waals surface area contributed by atoms with Crippen LogP contribution in [0.4, 0.5) is 0 Å². The zero-order valence-corrected chi connectivity index (χ0v) is 19.7. The predicted molar refractivity (Wildman–Crippen MR) is 129 cm³/mol. The van der Waals surface area contributed by atoms with Crippen LogP contribution >= 0.6 is 23.2 Å². The van der Waals surface area contributed by atoms with Gasteiger partial charge in [-0.05, 0) is 56.2 Å². The van der Waals surface area contributed by atoms with Crippen LogP contribution in [0.2, 0.25) is 10.0 Å². The third-order valence-corrected chi connectivity index (χ3v) is 6.42. The van der Waals surface area contributed by atoms with Gasteiger partial charge in [0.15, 0.2) is 0 Å². The second kappa shape index (κ2) is 9.99. The molecule has 2 heterocycles. The van der Waals surface area contributed by atoms with Gasteiger partial charge in [0, 0.05) is 23.2 Å². The number of imidazole rings is 1. The summed E-state index contributed by atoms with van der Waals surface area (Å²) in [7, 11) is 0. The Morgan fingerprint density at radius 1 is 1.29 bits per heavy atom. The molecule has 34 heavy (non-hydrogen) atoms. The van der Waals surface area contributed by atoms with Crippen molar-refractivity contribution in [2.24, 2.45) is 0 Å². The fourth-order valence-electron chi connectivity index (χ4n) is 4.12. The smallest absolute Gasteiger partial charge is 0.255 e. The minimum Gasteiger partial charge on any atom is -0.386 e. The maximum Gasteiger partial charge on any atom is 0.255 e. The molecule has 0 saturated carbocycles. The van der Waals surface area contributed by atoms with E-state index in [9.17, 15) is 19.5 Å². The molecule has 1 aromatic heterocycles. The number of fused-ring (bicyclic) bond motifs is 1. The molecule has 1 unspecified atom stereocenters. The molecule has 0 spiro atoms. The Morgan fingerprint density at radius 3 is 2.82 bits per heavy atom. The Morgan fingerprint density at radius 2 is 2.09 bits per heavy atom. The fraction of sp³-hybridized carbons (Fsp3) is 0.292. The molecule has 0 bridgehead atoms. The number of rotatable bonds is 6. The average Bonchev–Trinajstić information content (AvgIpc) is 3.45. The molecule has 3 aromatic rings. The van der Waals surface area contributed by atoms with Crippen LogP contribution in [0.5, 0.6) is 0 Å². The number of H-pyrrole nitrogens is 1. The molecule has 2 aromatic carbocycles. The van der Waals surface area contributed by atoms with Gasteiger partial charge in [-0.3, -0.25) is 9.59 Å². The van der Waals surface area contributed by atoms with E-state index in [2.05, 4.69) is 15.3 Å². The first-order chi connectivity index (χ1) is 16.3. The number of carbonyl (C=O) groups excluding carboxylic acids is 3. The number of nitrogens with one attached hydrogen (secondary N) is 2. The first-order valence-corrected chi connectivity index (χ1v) is 11.5. The van der Waals surface area contributed by atoms with E-state index in [0.717, 1.165) is 17.1 Å². The minimum absolute atomic E-state index is 0.120. The van der Waals surface area contributed by atoms with Gasteiger partial charge >= 0.3 is 0 Å². The first-order valence-electron chi connectivity index (χ1n) is 10.7. The molecule has 1 saturated heterocycles. The molecule has 3 atom stereocenters. The van der Waals surface area contributed by atoms with Crippen molar-refractivity contribution >= 4 is 52.0 Å². The SMILES string of the molecule is C[C@H](NC(=O)c1ccc(C(=O)N2CCCC2[C@@H](O)C=C=O)c(Cl)c1)c1nc2ccc(Cl)cc2[nH]1. The molecule has 10 heteroatoms. The van der Waals surface area contributed by atoms with Gasteiger partial charge in [-0.15, -0.1) is 0 Å². The summed E-state index contributed by atoms with van der Waals surface area (Å²) in [4.78, 5) is 45.5. The lowest BCUT2D eigenvalue weighted by Gasteiger charge is -2.27. The summed E-state index contributed by atoms with van der Waals surface area (Å²) < 4.78 is 0. The number of benzene rings is 2. The molecule has 0 aliphatic carbocycles. The molecule has 1 fully saturated rings. The number of likely N-dealkylation sites (tertiary alicyclic amines) is 1. The van der Waals surface area contributed by atoms with E-state index in [-0.39, 0.29) is 28.0 Å². The second-order valence-corrected chi connectivity index (χ2v) is 9.00. The van der Waals surface area contributed by atoms with E-state index < -0.39 is 18.2 Å². The monoisotopic (exact) mass is 500 g/mol. The number of nitrogens with zero attached hydrogens (tertiary/aromatic N) is 2. The quantitative estimate of drug-likeness (QED) is 0.446. The third-order valence-electron chi connectivity index (χ3n) is 5.87. The van der Waals surface area contributed by atoms with Gasteiger partial charge in [-0.2, -0.15) is 0 Å². The Kier molecular flexibility index (Phi) is 7.05. The molecule has 4 rings (SSSR count). The van der Waals surface area contributed by atoms with Gasteiger partial charge in [-0.25, -0.2) is 9.78 Å². The van der Waals surface area contributed by atoms with Crippen LogP contribution in [0.25, 0.3) is 11.0 Å². The molecule has 8 nitrogen and oxygen atoms in total. The van der Waals surface area contributed by atoms with E-state index in [1.54, 1.807) is 31.1 Å². The van der Waals surface area contributed by atoms with Gasteiger partial charge in [0.2, 0.25) is 0 Å². The Hall–Kier alpha value is -3.16. The molecule has 3 N–H and O–H groups in total. The summed E-state index contributed by atoms with van der Waals surface area (Å²) in [5, 5.41) is 13.7. The molecule has 176 valence electrons. The molecule has 1 aliphatic heterocycles. The largest absolute Gasteiger partial charge is 0.386 e. The molecule has 1 aliphatic rings. The predicted octanol–water partition coefficient (Wildman–Crippen LogP) is 3.71. The van der Waals surface area contributed by atoms with Crippen LogP contribution in [0, 0.1) is 0 Å². The van der Waals surface area contributed by atoms with Crippen molar-refractivity contribution in [2.75, 3.05) is 6.54 Å². The number of aliphatic hydroxyl groups is 1. The van der Waals surface area contributed by atoms with Crippen molar-refractivity contribution < 1.29 is 19.5 Å². The number of aromatic amines is 1. The number of aliphatic hydroxyl groups excluding tert-OH is 1. The van der Waals surface area contributed by atoms with Crippen molar-refractivity contribution in [1.82, 2.24) is 20.2 Å². The van der Waals surface area contributed by atoms with Gasteiger partial charge in [0.05, 0.1) is 33.7 Å². The van der Waals surface area contributed by atoms with Gasteiger partial charge in [0.25, 0.3) is 11.8 Å². The van der Waals surface area contributed by atoms with Crippen LogP contribution in [0.3, 0.4) is 0 Å². The van der Waals surface area contributed by atoms with E-state index in [0.29, 0.717) is 30.2 Å². The normalized spacial score (nSPS) is 17.3. The maximum absolute atomic E-state index is 13.0. The highest BCUT2D eigenvalue weighted by atomic mass is 35.5. The van der Waals surface area contributed by atoms with Crippen LogP contribution < -0.4 is 5.32 Å². The fourth-order valence-corrected chi connectivity index (χ4v) is 4.55. The van der Waals surface area contributed by atoms with Crippen LogP contribution in [-0.4, -0.2) is 56.4 Å². The zero-order chi connectivity index (χ0) is 24.4. The summed E-state index contributed by atoms with van der Waals surface area (Å²) >= 11 is 12.4. The average molecular weight is 501 g/mol. The highest BCUT2D eigenvalue weighted by molar-refractivity contribution is 6.34. The molecular formula is C24H22Cl2N4O4. The van der Waals surface area contributed by atoms with Crippen LogP contribution in [0.1, 0.15) is 52.3 Å². The lowest BCUT2D eigenvalue weighted by Crippen LogP contribution is -2.42.